The molecule has 0 spiro atoms. The predicted molar refractivity (Wildman–Crippen MR) is 77.9 cm³/mol. The van der Waals surface area contributed by atoms with Crippen LogP contribution in [0.1, 0.15) is 77.6 Å². The van der Waals surface area contributed by atoms with E-state index in [2.05, 4.69) is 6.92 Å². The van der Waals surface area contributed by atoms with Crippen LogP contribution in [0.2, 0.25) is 0 Å². The molecule has 0 heterocycles. The molecular weight excluding hydrogens is 236 g/mol. The molecule has 2 nitrogen and oxygen atoms in total. The molecule has 2 heteroatoms. The van der Waals surface area contributed by atoms with E-state index >= 15 is 0 Å². The van der Waals surface area contributed by atoms with Crippen LogP contribution in [0.15, 0.2) is 0 Å². The molecule has 0 bridgehead atoms. The lowest BCUT2D eigenvalue weighted by molar-refractivity contribution is -0.160. The molecule has 19 heavy (non-hydrogen) atoms. The first kappa shape index (κ1) is 14.9. The van der Waals surface area contributed by atoms with Crippen LogP contribution < -0.4 is 0 Å². The molecule has 2 aliphatic carbocycles. The molecule has 0 aromatic heterocycles. The fourth-order valence-electron chi connectivity index (χ4n) is 4.58. The third-order valence-electron chi connectivity index (χ3n) is 5.66. The van der Waals surface area contributed by atoms with Crippen LogP contribution in [0.5, 0.6) is 0 Å². The Morgan fingerprint density at radius 3 is 2.26 bits per heavy atom. The largest absolute Gasteiger partial charge is 0.469 e. The van der Waals surface area contributed by atoms with E-state index in [0.717, 1.165) is 18.8 Å². The number of methoxy groups -OCH3 is 1. The molecule has 0 atom stereocenters. The first-order chi connectivity index (χ1) is 9.23. The summed E-state index contributed by atoms with van der Waals surface area (Å²) in [6.07, 6.45) is 13.7. The number of hydrogen-bond donors (Lipinski definition) is 0. The Labute approximate surface area is 118 Å². The summed E-state index contributed by atoms with van der Waals surface area (Å²) in [5, 5.41) is 0. The molecule has 0 N–H and O–H groups in total. The van der Waals surface area contributed by atoms with Crippen LogP contribution in [0.25, 0.3) is 0 Å². The third-order valence-corrected chi connectivity index (χ3v) is 5.66. The molecule has 0 aromatic carbocycles. The van der Waals surface area contributed by atoms with Crippen LogP contribution in [0.4, 0.5) is 0 Å². The second-order valence-electron chi connectivity index (χ2n) is 6.71. The summed E-state index contributed by atoms with van der Waals surface area (Å²) in [5.41, 5.74) is -0.121. The van der Waals surface area contributed by atoms with E-state index in [4.69, 9.17) is 4.74 Å². The van der Waals surface area contributed by atoms with Gasteiger partial charge in [0.25, 0.3) is 0 Å². The molecule has 2 saturated carbocycles. The molecule has 0 amide bonds. The van der Waals surface area contributed by atoms with Gasteiger partial charge in [-0.1, -0.05) is 51.9 Å². The molecule has 2 rings (SSSR count). The molecule has 0 unspecified atom stereocenters. The van der Waals surface area contributed by atoms with E-state index in [9.17, 15) is 4.79 Å². The number of ether oxygens (including phenoxy) is 1. The number of carbonyl (C=O) groups is 1. The number of rotatable bonds is 4. The monoisotopic (exact) mass is 266 g/mol. The van der Waals surface area contributed by atoms with Crippen LogP contribution in [0.3, 0.4) is 0 Å². The molecular formula is C17H30O2. The van der Waals surface area contributed by atoms with Crippen molar-refractivity contribution in [3.63, 3.8) is 0 Å². The van der Waals surface area contributed by atoms with Crippen molar-refractivity contribution in [3.8, 4) is 0 Å². The Morgan fingerprint density at radius 1 is 1.11 bits per heavy atom. The minimum Gasteiger partial charge on any atom is -0.469 e. The van der Waals surface area contributed by atoms with Gasteiger partial charge in [0.1, 0.15) is 0 Å². The van der Waals surface area contributed by atoms with Gasteiger partial charge in [0.15, 0.2) is 0 Å². The maximum atomic E-state index is 12.4. The fourth-order valence-corrected chi connectivity index (χ4v) is 4.58. The molecule has 0 aromatic rings. The highest BCUT2D eigenvalue weighted by atomic mass is 16.5. The highest BCUT2D eigenvalue weighted by molar-refractivity contribution is 5.77. The second kappa shape index (κ2) is 6.76. The highest BCUT2D eigenvalue weighted by Gasteiger charge is 2.47. The lowest BCUT2D eigenvalue weighted by Crippen LogP contribution is -2.43. The Bertz CT molecular complexity index is 284. The minimum absolute atomic E-state index is 0.0890. The van der Waals surface area contributed by atoms with E-state index in [0.29, 0.717) is 5.92 Å². The van der Waals surface area contributed by atoms with Gasteiger partial charge in [0, 0.05) is 0 Å². The molecule has 0 radical (unpaired) electrons. The maximum absolute atomic E-state index is 12.4. The number of carbonyl (C=O) groups excluding carboxylic acids is 1. The SMILES string of the molecule is CCCC1CCC(C2(C(=O)OC)CCCCC2)CC1. The topological polar surface area (TPSA) is 26.3 Å². The van der Waals surface area contributed by atoms with Crippen molar-refractivity contribution in [2.45, 2.75) is 77.6 Å². The van der Waals surface area contributed by atoms with Crippen molar-refractivity contribution in [1.29, 1.82) is 0 Å². The molecule has 0 aliphatic heterocycles. The van der Waals surface area contributed by atoms with E-state index in [1.807, 2.05) is 0 Å². The van der Waals surface area contributed by atoms with E-state index in [-0.39, 0.29) is 11.4 Å². The first-order valence-electron chi connectivity index (χ1n) is 8.31. The van der Waals surface area contributed by atoms with Crippen molar-refractivity contribution in [2.75, 3.05) is 7.11 Å². The summed E-state index contributed by atoms with van der Waals surface area (Å²) < 4.78 is 5.18. The number of hydrogen-bond acceptors (Lipinski definition) is 2. The van der Waals surface area contributed by atoms with Gasteiger partial charge >= 0.3 is 5.97 Å². The zero-order valence-electron chi connectivity index (χ0n) is 12.7. The molecule has 2 fully saturated rings. The van der Waals surface area contributed by atoms with Gasteiger partial charge < -0.3 is 4.74 Å². The number of esters is 1. The van der Waals surface area contributed by atoms with Gasteiger partial charge in [0.05, 0.1) is 12.5 Å². The second-order valence-corrected chi connectivity index (χ2v) is 6.71. The maximum Gasteiger partial charge on any atom is 0.312 e. The van der Waals surface area contributed by atoms with Gasteiger partial charge in [-0.25, -0.2) is 0 Å². The average Bonchev–Trinajstić information content (AvgIpc) is 2.48. The van der Waals surface area contributed by atoms with Crippen molar-refractivity contribution < 1.29 is 9.53 Å². The summed E-state index contributed by atoms with van der Waals surface area (Å²) in [7, 11) is 1.57. The van der Waals surface area contributed by atoms with Crippen molar-refractivity contribution in [3.05, 3.63) is 0 Å². The Balaban J connectivity index is 2.02. The van der Waals surface area contributed by atoms with Crippen LogP contribution in [0, 0.1) is 17.3 Å². The van der Waals surface area contributed by atoms with E-state index in [1.165, 1.54) is 57.8 Å². The van der Waals surface area contributed by atoms with Crippen molar-refractivity contribution >= 4 is 5.97 Å². The smallest absolute Gasteiger partial charge is 0.312 e. The summed E-state index contributed by atoms with van der Waals surface area (Å²) >= 11 is 0. The van der Waals surface area contributed by atoms with Gasteiger partial charge in [-0.05, 0) is 37.5 Å². The summed E-state index contributed by atoms with van der Waals surface area (Å²) in [5.74, 6) is 1.60. The summed E-state index contributed by atoms with van der Waals surface area (Å²) in [6, 6.07) is 0. The van der Waals surface area contributed by atoms with Gasteiger partial charge in [-0.2, -0.15) is 0 Å². The Morgan fingerprint density at radius 2 is 1.74 bits per heavy atom. The van der Waals surface area contributed by atoms with Crippen molar-refractivity contribution in [1.82, 2.24) is 0 Å². The predicted octanol–water partition coefficient (Wildman–Crippen LogP) is 4.72. The zero-order chi connectivity index (χ0) is 13.7. The molecule has 110 valence electrons. The quantitative estimate of drug-likeness (QED) is 0.688. The van der Waals surface area contributed by atoms with Gasteiger partial charge in [0.2, 0.25) is 0 Å². The standard InChI is InChI=1S/C17H30O2/c1-3-7-14-8-10-15(11-9-14)17(16(18)19-2)12-5-4-6-13-17/h14-15H,3-13H2,1-2H3. The Hall–Kier alpha value is -0.530. The zero-order valence-corrected chi connectivity index (χ0v) is 12.7. The molecule has 2 aliphatic rings. The summed E-state index contributed by atoms with van der Waals surface area (Å²) in [6.45, 7) is 2.28. The summed E-state index contributed by atoms with van der Waals surface area (Å²) in [4.78, 5) is 12.4. The van der Waals surface area contributed by atoms with Crippen LogP contribution in [-0.4, -0.2) is 13.1 Å². The normalized spacial score (nSPS) is 30.8. The minimum atomic E-state index is -0.121. The third kappa shape index (κ3) is 3.14. The average molecular weight is 266 g/mol. The van der Waals surface area contributed by atoms with E-state index < -0.39 is 0 Å². The van der Waals surface area contributed by atoms with E-state index in [1.54, 1.807) is 7.11 Å². The van der Waals surface area contributed by atoms with Gasteiger partial charge in [-0.3, -0.25) is 4.79 Å². The van der Waals surface area contributed by atoms with Crippen LogP contribution >= 0.6 is 0 Å². The Kier molecular flexibility index (Phi) is 5.29. The lowest BCUT2D eigenvalue weighted by Gasteiger charge is -2.44. The molecule has 0 saturated heterocycles. The highest BCUT2D eigenvalue weighted by Crippen LogP contribution is 2.50. The fraction of sp³-hybridized carbons (Fsp3) is 0.941. The first-order valence-corrected chi connectivity index (χ1v) is 8.31. The van der Waals surface area contributed by atoms with Crippen LogP contribution in [-0.2, 0) is 9.53 Å². The van der Waals surface area contributed by atoms with Crippen molar-refractivity contribution in [2.24, 2.45) is 17.3 Å². The van der Waals surface area contributed by atoms with Gasteiger partial charge in [-0.15, -0.1) is 0 Å². The lowest BCUT2D eigenvalue weighted by atomic mass is 9.60.